The lowest BCUT2D eigenvalue weighted by molar-refractivity contribution is -0.384. The van der Waals surface area contributed by atoms with E-state index in [-0.39, 0.29) is 29.4 Å². The number of alkyl carbamates (subject to hydrolysis) is 1. The molecule has 3 atom stereocenters. The number of amides is 3. The number of H-pyrrole nitrogens is 1. The van der Waals surface area contributed by atoms with E-state index >= 15 is 0 Å². The number of aromatic amines is 1. The van der Waals surface area contributed by atoms with E-state index in [9.17, 15) is 39.2 Å². The summed E-state index contributed by atoms with van der Waals surface area (Å²) in [4.78, 5) is 77.5. The minimum atomic E-state index is -1.12. The molecule has 14 nitrogen and oxygen atoms in total. The molecule has 5 rings (SSSR count). The van der Waals surface area contributed by atoms with E-state index in [0.717, 1.165) is 37.7 Å². The van der Waals surface area contributed by atoms with Crippen molar-refractivity contribution in [2.24, 2.45) is 5.92 Å². The molecule has 1 aliphatic carbocycles. The van der Waals surface area contributed by atoms with E-state index in [4.69, 9.17) is 4.74 Å². The fourth-order valence-corrected chi connectivity index (χ4v) is 6.70. The molecule has 3 amide bonds. The highest BCUT2D eigenvalue weighted by Gasteiger charge is 2.42. The van der Waals surface area contributed by atoms with Crippen LogP contribution >= 0.6 is 0 Å². The first kappa shape index (κ1) is 40.2. The Bertz CT molecular complexity index is 1850. The van der Waals surface area contributed by atoms with Crippen LogP contribution in [-0.4, -0.2) is 74.1 Å². The van der Waals surface area contributed by atoms with Crippen molar-refractivity contribution in [3.05, 3.63) is 87.6 Å². The van der Waals surface area contributed by atoms with Gasteiger partial charge in [0.2, 0.25) is 11.8 Å². The van der Waals surface area contributed by atoms with Crippen molar-refractivity contribution in [1.82, 2.24) is 20.5 Å². The summed E-state index contributed by atoms with van der Waals surface area (Å²) in [6.07, 6.45) is 7.43. The summed E-state index contributed by atoms with van der Waals surface area (Å²) in [5.74, 6) is -1.92. The Hall–Kier alpha value is -5.53. The Morgan fingerprint density at radius 2 is 1.74 bits per heavy atom. The number of ether oxygens (including phenoxy) is 1. The number of nitrogens with one attached hydrogen (secondary N) is 3. The molecule has 2 heterocycles. The van der Waals surface area contributed by atoms with Crippen LogP contribution in [0.15, 0.2) is 72.0 Å². The maximum atomic E-state index is 13.6. The summed E-state index contributed by atoms with van der Waals surface area (Å²) in [6, 6.07) is 12.6. The molecule has 2 fully saturated rings. The van der Waals surface area contributed by atoms with E-state index in [0.29, 0.717) is 42.4 Å². The number of allylic oxidation sites excluding steroid dienone is 1. The second kappa shape index (κ2) is 18.3. The number of pyridine rings is 1. The number of non-ortho nitro benzene ring substituents is 1. The molecule has 0 radical (unpaired) electrons. The first-order chi connectivity index (χ1) is 25.2. The van der Waals surface area contributed by atoms with Crippen LogP contribution < -0.4 is 16.1 Å². The van der Waals surface area contributed by atoms with Gasteiger partial charge in [-0.25, -0.2) is 9.59 Å². The van der Waals surface area contributed by atoms with Crippen molar-refractivity contribution in [3.63, 3.8) is 0 Å². The maximum Gasteiger partial charge on any atom is 0.408 e. The third-order valence-corrected chi connectivity index (χ3v) is 9.28. The van der Waals surface area contributed by atoms with Crippen molar-refractivity contribution >= 4 is 40.5 Å². The van der Waals surface area contributed by atoms with Gasteiger partial charge in [-0.1, -0.05) is 55.7 Å². The van der Waals surface area contributed by atoms with Crippen LogP contribution in [0, 0.1) is 16.0 Å². The fourth-order valence-electron chi connectivity index (χ4n) is 6.70. The minimum absolute atomic E-state index is 0.0255. The number of hydrogen-bond acceptors (Lipinski definition) is 8. The SMILES string of the molecule is C=CCCC(NC(=O)C1CCCN1C(=O)C(NC(=O)OC(C)(C)C)C1CCCCC1)C(=O)O.O=c1cc(-c2ccccc2)[nH]c2ccc([N+](=O)[O-])cc12. The minimum Gasteiger partial charge on any atom is -0.480 e. The standard InChI is InChI=1S/C24H39N3O6.C15H10N2O3/c1-5-6-13-17(22(30)31)25-20(28)18-14-10-15-27(18)21(29)19(16-11-8-7-9-12-16)26-23(32)33-24(2,3)4;18-15-9-14(10-4-2-1-3-5-10)16-13-7-6-11(17(19)20)8-12(13)15/h5,16-19H,1,6-15H2,2-4H3,(H,25,28)(H,26,32)(H,30,31);1-9H,(H,16,18). The number of fused-ring (bicyclic) bond motifs is 1. The monoisotopic (exact) mass is 731 g/mol. The molecular weight excluding hydrogens is 682 g/mol. The highest BCUT2D eigenvalue weighted by molar-refractivity contribution is 5.93. The first-order valence-corrected chi connectivity index (χ1v) is 18.0. The number of aliphatic carboxylic acids is 1. The normalized spacial score (nSPS) is 17.1. The van der Waals surface area contributed by atoms with Gasteiger partial charge in [-0.2, -0.15) is 0 Å². The molecule has 3 unspecified atom stereocenters. The molecule has 53 heavy (non-hydrogen) atoms. The smallest absolute Gasteiger partial charge is 0.408 e. The zero-order valence-corrected chi connectivity index (χ0v) is 30.5. The summed E-state index contributed by atoms with van der Waals surface area (Å²) >= 11 is 0. The second-order valence-electron chi connectivity index (χ2n) is 14.4. The van der Waals surface area contributed by atoms with E-state index in [1.165, 1.54) is 23.1 Å². The van der Waals surface area contributed by atoms with Gasteiger partial charge in [0.1, 0.15) is 23.7 Å². The zero-order valence-electron chi connectivity index (χ0n) is 30.5. The molecule has 0 bridgehead atoms. The lowest BCUT2D eigenvalue weighted by Crippen LogP contribution is -2.57. The molecule has 1 aromatic heterocycles. The molecule has 1 saturated carbocycles. The predicted octanol–water partition coefficient (Wildman–Crippen LogP) is 6.09. The van der Waals surface area contributed by atoms with Crippen LogP contribution in [0.25, 0.3) is 22.2 Å². The Morgan fingerprint density at radius 1 is 1.04 bits per heavy atom. The van der Waals surface area contributed by atoms with Gasteiger partial charge < -0.3 is 30.4 Å². The number of nitrogens with zero attached hydrogens (tertiary/aromatic N) is 2. The van der Waals surface area contributed by atoms with Crippen molar-refractivity contribution in [1.29, 1.82) is 0 Å². The summed E-state index contributed by atoms with van der Waals surface area (Å²) in [7, 11) is 0. The van der Waals surface area contributed by atoms with Gasteiger partial charge in [0.15, 0.2) is 5.43 Å². The molecule has 284 valence electrons. The molecule has 1 saturated heterocycles. The van der Waals surface area contributed by atoms with Crippen molar-refractivity contribution in [3.8, 4) is 11.3 Å². The Morgan fingerprint density at radius 3 is 2.36 bits per heavy atom. The number of aromatic nitrogens is 1. The van der Waals surface area contributed by atoms with Crippen molar-refractivity contribution in [2.75, 3.05) is 6.54 Å². The average Bonchev–Trinajstić information content (AvgIpc) is 3.62. The van der Waals surface area contributed by atoms with E-state index in [1.807, 2.05) is 30.3 Å². The Kier molecular flexibility index (Phi) is 13.9. The lowest BCUT2D eigenvalue weighted by atomic mass is 9.83. The van der Waals surface area contributed by atoms with Crippen LogP contribution in [-0.2, 0) is 19.1 Å². The van der Waals surface area contributed by atoms with Crippen LogP contribution in [0.1, 0.15) is 78.6 Å². The van der Waals surface area contributed by atoms with Crippen LogP contribution in [0.5, 0.6) is 0 Å². The van der Waals surface area contributed by atoms with Crippen LogP contribution in [0.2, 0.25) is 0 Å². The van der Waals surface area contributed by atoms with E-state index in [2.05, 4.69) is 22.2 Å². The average molecular weight is 732 g/mol. The van der Waals surface area contributed by atoms with E-state index < -0.39 is 46.6 Å². The van der Waals surface area contributed by atoms with Crippen LogP contribution in [0.4, 0.5) is 10.5 Å². The number of carboxylic acids is 1. The molecule has 3 aromatic rings. The third-order valence-electron chi connectivity index (χ3n) is 9.28. The zero-order chi connectivity index (χ0) is 38.7. The quantitative estimate of drug-likeness (QED) is 0.102. The van der Waals surface area contributed by atoms with Crippen LogP contribution in [0.3, 0.4) is 0 Å². The third kappa shape index (κ3) is 11.2. The van der Waals surface area contributed by atoms with Gasteiger partial charge in [0, 0.05) is 30.4 Å². The van der Waals surface area contributed by atoms with E-state index in [1.54, 1.807) is 32.9 Å². The second-order valence-corrected chi connectivity index (χ2v) is 14.4. The number of carboxylic acid groups (broad SMARTS) is 1. The maximum absolute atomic E-state index is 13.6. The molecule has 0 spiro atoms. The molecule has 1 aliphatic heterocycles. The number of rotatable bonds is 11. The van der Waals surface area contributed by atoms with Gasteiger partial charge in [0.05, 0.1) is 15.8 Å². The van der Waals surface area contributed by atoms with Gasteiger partial charge in [-0.05, 0) is 76.8 Å². The van der Waals surface area contributed by atoms with Gasteiger partial charge in [-0.15, -0.1) is 6.58 Å². The lowest BCUT2D eigenvalue weighted by Gasteiger charge is -2.35. The molecular formula is C39H49N5O9. The Labute approximate surface area is 308 Å². The summed E-state index contributed by atoms with van der Waals surface area (Å²) in [6.45, 7) is 9.26. The first-order valence-electron chi connectivity index (χ1n) is 18.0. The largest absolute Gasteiger partial charge is 0.480 e. The number of likely N-dealkylation sites (tertiary alicyclic amines) is 1. The number of hydrogen-bond donors (Lipinski definition) is 4. The van der Waals surface area contributed by atoms with Gasteiger partial charge >= 0.3 is 12.1 Å². The number of nitro benzene ring substituents is 1. The van der Waals surface area contributed by atoms with Crippen molar-refractivity contribution in [2.45, 2.75) is 102 Å². The Balaban J connectivity index is 0.000000265. The topological polar surface area (TPSA) is 201 Å². The summed E-state index contributed by atoms with van der Waals surface area (Å²) in [5, 5.41) is 25.8. The highest BCUT2D eigenvalue weighted by atomic mass is 16.6. The number of nitro groups is 1. The number of benzene rings is 2. The molecule has 2 aliphatic rings. The highest BCUT2D eigenvalue weighted by Crippen LogP contribution is 2.30. The molecule has 14 heteroatoms. The molecule has 2 aromatic carbocycles. The van der Waals surface area contributed by atoms with Gasteiger partial charge in [-0.3, -0.25) is 24.5 Å². The van der Waals surface area contributed by atoms with Crippen molar-refractivity contribution < 1.29 is 33.9 Å². The molecule has 4 N–H and O–H groups in total. The fraction of sp³-hybridized carbons (Fsp3) is 0.462. The summed E-state index contributed by atoms with van der Waals surface area (Å²) < 4.78 is 5.39. The van der Waals surface area contributed by atoms with Gasteiger partial charge in [0.25, 0.3) is 5.69 Å². The summed E-state index contributed by atoms with van der Waals surface area (Å²) in [5.41, 5.74) is 1.15. The number of carbonyl (C=O) groups excluding carboxylic acids is 3. The number of carbonyl (C=O) groups is 4. The predicted molar refractivity (Wildman–Crippen MR) is 200 cm³/mol.